The lowest BCUT2D eigenvalue weighted by Crippen LogP contribution is -2.24. The zero-order valence-electron chi connectivity index (χ0n) is 15.1. The van der Waals surface area contributed by atoms with E-state index < -0.39 is 0 Å². The third-order valence-electron chi connectivity index (χ3n) is 5.08. The van der Waals surface area contributed by atoms with E-state index in [1.807, 2.05) is 0 Å². The average Bonchev–Trinajstić information content (AvgIpc) is 2.66. The maximum atomic E-state index is 6.05. The molecule has 0 bridgehead atoms. The van der Waals surface area contributed by atoms with Crippen LogP contribution in [0.5, 0.6) is 0 Å². The highest BCUT2D eigenvalue weighted by atomic mass is 16.5. The van der Waals surface area contributed by atoms with Crippen molar-refractivity contribution in [1.82, 2.24) is 0 Å². The van der Waals surface area contributed by atoms with Gasteiger partial charge in [-0.15, -0.1) is 0 Å². The van der Waals surface area contributed by atoms with Crippen molar-refractivity contribution in [3.8, 4) is 0 Å². The first kappa shape index (κ1) is 18.2. The maximum absolute atomic E-state index is 6.05. The lowest BCUT2D eigenvalue weighted by molar-refractivity contribution is 0.0205. The number of guanidine groups is 1. The third kappa shape index (κ3) is 5.72. The number of nitrogens with zero attached hydrogens (tertiary/aromatic N) is 1. The summed E-state index contributed by atoms with van der Waals surface area (Å²) in [4.78, 5) is 4.44. The number of hydrogen-bond donors (Lipinski definition) is 2. The fraction of sp³-hybridized carbons (Fsp3) is 0.650. The van der Waals surface area contributed by atoms with Gasteiger partial charge in [-0.2, -0.15) is 0 Å². The Morgan fingerprint density at radius 2 is 2.08 bits per heavy atom. The number of fused-ring (bicyclic) bond motifs is 1. The molecule has 5 heteroatoms. The van der Waals surface area contributed by atoms with Crippen molar-refractivity contribution in [2.75, 3.05) is 38.3 Å². The SMILES string of the molecule is NC(=NCCCOCC1CCOCC1)Nc1cccc2c1CCCC2. The summed E-state index contributed by atoms with van der Waals surface area (Å²) in [6.07, 6.45) is 7.99. The van der Waals surface area contributed by atoms with Crippen LogP contribution in [0.15, 0.2) is 23.2 Å². The Bertz CT molecular complexity index is 568. The monoisotopic (exact) mass is 345 g/mol. The van der Waals surface area contributed by atoms with Gasteiger partial charge in [-0.25, -0.2) is 0 Å². The van der Waals surface area contributed by atoms with Crippen molar-refractivity contribution in [3.63, 3.8) is 0 Å². The predicted molar refractivity (Wildman–Crippen MR) is 102 cm³/mol. The molecular weight excluding hydrogens is 314 g/mol. The van der Waals surface area contributed by atoms with E-state index in [4.69, 9.17) is 15.2 Å². The van der Waals surface area contributed by atoms with Crippen LogP contribution in [0.4, 0.5) is 5.69 Å². The molecular formula is C20H31N3O2. The summed E-state index contributed by atoms with van der Waals surface area (Å²) in [5.74, 6) is 1.16. The molecule has 0 saturated carbocycles. The summed E-state index contributed by atoms with van der Waals surface area (Å²) in [6, 6.07) is 6.43. The van der Waals surface area contributed by atoms with Gasteiger partial charge >= 0.3 is 0 Å². The highest BCUT2D eigenvalue weighted by Gasteiger charge is 2.14. The predicted octanol–water partition coefficient (Wildman–Crippen LogP) is 3.13. The molecule has 3 N–H and O–H groups in total. The molecule has 0 aromatic heterocycles. The van der Waals surface area contributed by atoms with Crippen molar-refractivity contribution >= 4 is 11.6 Å². The zero-order valence-corrected chi connectivity index (χ0v) is 15.1. The molecule has 1 aromatic rings. The van der Waals surface area contributed by atoms with Crippen LogP contribution in [0.25, 0.3) is 0 Å². The molecule has 1 aromatic carbocycles. The number of nitrogens with one attached hydrogen (secondary N) is 1. The molecule has 0 radical (unpaired) electrons. The molecule has 3 rings (SSSR count). The number of hydrogen-bond acceptors (Lipinski definition) is 3. The molecule has 1 aliphatic carbocycles. The molecule has 1 saturated heterocycles. The van der Waals surface area contributed by atoms with Crippen LogP contribution in [0, 0.1) is 5.92 Å². The largest absolute Gasteiger partial charge is 0.381 e. The maximum Gasteiger partial charge on any atom is 0.193 e. The summed E-state index contributed by atoms with van der Waals surface area (Å²) in [7, 11) is 0. The summed E-state index contributed by atoms with van der Waals surface area (Å²) < 4.78 is 11.1. The Hall–Kier alpha value is -1.59. The molecule has 0 unspecified atom stereocenters. The van der Waals surface area contributed by atoms with Crippen LogP contribution in [-0.2, 0) is 22.3 Å². The number of rotatable bonds is 7. The molecule has 1 aliphatic heterocycles. The van der Waals surface area contributed by atoms with E-state index in [0.717, 1.165) is 57.8 Å². The van der Waals surface area contributed by atoms with Gasteiger partial charge in [0.25, 0.3) is 0 Å². The van der Waals surface area contributed by atoms with E-state index >= 15 is 0 Å². The van der Waals surface area contributed by atoms with Gasteiger partial charge in [0.15, 0.2) is 5.96 Å². The van der Waals surface area contributed by atoms with Gasteiger partial charge in [0.05, 0.1) is 0 Å². The summed E-state index contributed by atoms with van der Waals surface area (Å²) >= 11 is 0. The van der Waals surface area contributed by atoms with Gasteiger partial charge in [-0.1, -0.05) is 12.1 Å². The Labute approximate surface area is 151 Å². The number of benzene rings is 1. The van der Waals surface area contributed by atoms with Crippen molar-refractivity contribution in [2.24, 2.45) is 16.6 Å². The lowest BCUT2D eigenvalue weighted by Gasteiger charge is -2.21. The molecule has 0 spiro atoms. The second-order valence-corrected chi connectivity index (χ2v) is 7.03. The minimum absolute atomic E-state index is 0.503. The van der Waals surface area contributed by atoms with Crippen LogP contribution in [-0.4, -0.2) is 38.9 Å². The topological polar surface area (TPSA) is 68.9 Å². The van der Waals surface area contributed by atoms with Gasteiger partial charge in [0, 0.05) is 38.7 Å². The number of nitrogens with two attached hydrogens (primary N) is 1. The van der Waals surface area contributed by atoms with Crippen molar-refractivity contribution in [2.45, 2.75) is 44.9 Å². The van der Waals surface area contributed by atoms with Crippen molar-refractivity contribution < 1.29 is 9.47 Å². The molecule has 2 aliphatic rings. The van der Waals surface area contributed by atoms with Crippen molar-refractivity contribution in [1.29, 1.82) is 0 Å². The fourth-order valence-electron chi connectivity index (χ4n) is 3.61. The minimum Gasteiger partial charge on any atom is -0.381 e. The normalized spacial score (nSPS) is 18.8. The summed E-state index contributed by atoms with van der Waals surface area (Å²) in [6.45, 7) is 4.04. The quantitative estimate of drug-likeness (QED) is 0.452. The molecule has 5 nitrogen and oxygen atoms in total. The van der Waals surface area contributed by atoms with Crippen molar-refractivity contribution in [3.05, 3.63) is 29.3 Å². The molecule has 0 atom stereocenters. The van der Waals surface area contributed by atoms with E-state index in [0.29, 0.717) is 18.4 Å². The molecule has 0 amide bonds. The Balaban J connectivity index is 1.36. The number of ether oxygens (including phenoxy) is 2. The number of aryl methyl sites for hydroxylation is 1. The highest BCUT2D eigenvalue weighted by Crippen LogP contribution is 2.27. The van der Waals surface area contributed by atoms with E-state index in [1.54, 1.807) is 0 Å². The summed E-state index contributed by atoms with van der Waals surface area (Å²) in [5, 5.41) is 3.29. The Morgan fingerprint density at radius 3 is 2.96 bits per heavy atom. The second kappa shape index (κ2) is 9.78. The number of aliphatic imine (C=N–C) groups is 1. The second-order valence-electron chi connectivity index (χ2n) is 7.03. The minimum atomic E-state index is 0.503. The fourth-order valence-corrected chi connectivity index (χ4v) is 3.61. The van der Waals surface area contributed by atoms with Crippen LogP contribution in [0.2, 0.25) is 0 Å². The standard InChI is InChI=1S/C20H31N3O2/c21-20(22-11-4-12-25-15-16-9-13-24-14-10-16)23-19-8-3-6-17-5-1-2-7-18(17)19/h3,6,8,16H,1-2,4-5,7,9-15H2,(H3,21,22,23). The first-order valence-electron chi connectivity index (χ1n) is 9.66. The van der Waals surface area contributed by atoms with Crippen LogP contribution >= 0.6 is 0 Å². The first-order chi connectivity index (χ1) is 12.3. The Kier molecular flexibility index (Phi) is 7.12. The van der Waals surface area contributed by atoms with Crippen LogP contribution < -0.4 is 11.1 Å². The van der Waals surface area contributed by atoms with Crippen LogP contribution in [0.1, 0.15) is 43.2 Å². The zero-order chi connectivity index (χ0) is 17.3. The molecule has 1 fully saturated rings. The van der Waals surface area contributed by atoms with Gasteiger partial charge in [-0.05, 0) is 68.1 Å². The highest BCUT2D eigenvalue weighted by molar-refractivity contribution is 5.93. The third-order valence-corrected chi connectivity index (χ3v) is 5.08. The molecule has 25 heavy (non-hydrogen) atoms. The summed E-state index contributed by atoms with van der Waals surface area (Å²) in [5.41, 5.74) is 10.0. The smallest absolute Gasteiger partial charge is 0.193 e. The van der Waals surface area contributed by atoms with Gasteiger partial charge < -0.3 is 20.5 Å². The van der Waals surface area contributed by atoms with Gasteiger partial charge in [-0.3, -0.25) is 4.99 Å². The van der Waals surface area contributed by atoms with E-state index in [2.05, 4.69) is 28.5 Å². The van der Waals surface area contributed by atoms with E-state index in [1.165, 1.54) is 30.4 Å². The van der Waals surface area contributed by atoms with Crippen LogP contribution in [0.3, 0.4) is 0 Å². The number of anilines is 1. The lowest BCUT2D eigenvalue weighted by atomic mass is 9.90. The molecule has 138 valence electrons. The van der Waals surface area contributed by atoms with Gasteiger partial charge in [0.2, 0.25) is 0 Å². The van der Waals surface area contributed by atoms with E-state index in [-0.39, 0.29) is 0 Å². The Morgan fingerprint density at radius 1 is 1.24 bits per heavy atom. The first-order valence-corrected chi connectivity index (χ1v) is 9.66. The molecule has 1 heterocycles. The van der Waals surface area contributed by atoms with E-state index in [9.17, 15) is 0 Å². The average molecular weight is 345 g/mol. The van der Waals surface area contributed by atoms with Gasteiger partial charge in [0.1, 0.15) is 0 Å².